The maximum absolute atomic E-state index is 11.9. The molecule has 24 heavy (non-hydrogen) atoms. The average molecular weight is 345 g/mol. The van der Waals surface area contributed by atoms with Gasteiger partial charge in [0.2, 0.25) is 0 Å². The second-order valence-corrected chi connectivity index (χ2v) is 7.12. The van der Waals surface area contributed by atoms with Crippen LogP contribution in [0.4, 0.5) is 10.6 Å². The lowest BCUT2D eigenvalue weighted by atomic mass is 10.3. The van der Waals surface area contributed by atoms with E-state index >= 15 is 0 Å². The first kappa shape index (κ1) is 16.7. The van der Waals surface area contributed by atoms with Crippen molar-refractivity contribution < 1.29 is 4.79 Å². The van der Waals surface area contributed by atoms with Gasteiger partial charge in [-0.05, 0) is 25.0 Å². The number of carbonyl (C=O) groups is 1. The number of nitrogens with one attached hydrogen (secondary N) is 2. The van der Waals surface area contributed by atoms with Gasteiger partial charge in [0.05, 0.1) is 22.9 Å². The molecule has 0 aliphatic heterocycles. The van der Waals surface area contributed by atoms with Crippen LogP contribution < -0.4 is 15.5 Å². The Morgan fingerprint density at radius 2 is 2.12 bits per heavy atom. The van der Waals surface area contributed by atoms with Crippen LogP contribution in [0.15, 0.2) is 23.6 Å². The van der Waals surface area contributed by atoms with Gasteiger partial charge in [0, 0.05) is 38.4 Å². The van der Waals surface area contributed by atoms with Crippen molar-refractivity contribution in [3.63, 3.8) is 0 Å². The van der Waals surface area contributed by atoms with Crippen LogP contribution in [0.1, 0.15) is 35.2 Å². The maximum atomic E-state index is 11.9. The minimum absolute atomic E-state index is 0.175. The first-order valence-corrected chi connectivity index (χ1v) is 9.09. The molecule has 3 rings (SSSR count). The molecule has 128 valence electrons. The highest BCUT2D eigenvalue weighted by molar-refractivity contribution is 7.09. The van der Waals surface area contributed by atoms with Crippen LogP contribution >= 0.6 is 11.3 Å². The van der Waals surface area contributed by atoms with E-state index in [-0.39, 0.29) is 6.03 Å². The molecule has 7 heteroatoms. The molecule has 0 spiro atoms. The van der Waals surface area contributed by atoms with Gasteiger partial charge in [-0.25, -0.2) is 14.8 Å². The van der Waals surface area contributed by atoms with E-state index < -0.39 is 0 Å². The van der Waals surface area contributed by atoms with Gasteiger partial charge in [-0.3, -0.25) is 0 Å². The summed E-state index contributed by atoms with van der Waals surface area (Å²) in [6, 6.07) is 5.61. The molecule has 1 fully saturated rings. The van der Waals surface area contributed by atoms with E-state index in [2.05, 4.69) is 26.0 Å². The number of anilines is 1. The van der Waals surface area contributed by atoms with Crippen LogP contribution in [-0.2, 0) is 13.0 Å². The summed E-state index contributed by atoms with van der Waals surface area (Å²) in [6.45, 7) is 1.01. The Hall–Kier alpha value is -2.15. The number of rotatable bonds is 7. The standard InChI is InChI=1S/C17H23N5OS/c1-22(2)15-5-3-4-13(20-15)10-19-17(23)18-9-8-16-21-14(11-24-16)12-6-7-12/h3-5,11-12H,6-10H2,1-2H3,(H2,18,19,23). The molecule has 0 bridgehead atoms. The number of urea groups is 1. The van der Waals surface area contributed by atoms with E-state index in [0.717, 1.165) is 22.9 Å². The summed E-state index contributed by atoms with van der Waals surface area (Å²) in [5.41, 5.74) is 2.07. The lowest BCUT2D eigenvalue weighted by Crippen LogP contribution is -2.36. The summed E-state index contributed by atoms with van der Waals surface area (Å²) in [5.74, 6) is 1.57. The smallest absolute Gasteiger partial charge is 0.315 e. The van der Waals surface area contributed by atoms with Crippen molar-refractivity contribution in [1.29, 1.82) is 0 Å². The van der Waals surface area contributed by atoms with Gasteiger partial charge in [-0.15, -0.1) is 11.3 Å². The molecular weight excluding hydrogens is 322 g/mol. The van der Waals surface area contributed by atoms with Crippen LogP contribution in [0.5, 0.6) is 0 Å². The molecule has 0 atom stereocenters. The number of carbonyl (C=O) groups excluding carboxylic acids is 1. The first-order chi connectivity index (χ1) is 11.6. The monoisotopic (exact) mass is 345 g/mol. The molecule has 1 aliphatic rings. The van der Waals surface area contributed by atoms with E-state index in [1.807, 2.05) is 37.2 Å². The fourth-order valence-electron chi connectivity index (χ4n) is 2.34. The molecule has 6 nitrogen and oxygen atoms in total. The highest BCUT2D eigenvalue weighted by atomic mass is 32.1. The SMILES string of the molecule is CN(C)c1cccc(CNC(=O)NCCc2nc(C3CC3)cs2)n1. The molecule has 2 heterocycles. The molecule has 2 aromatic heterocycles. The number of hydrogen-bond acceptors (Lipinski definition) is 5. The molecule has 2 amide bonds. The lowest BCUT2D eigenvalue weighted by Gasteiger charge is -2.12. The van der Waals surface area contributed by atoms with E-state index in [1.54, 1.807) is 11.3 Å². The van der Waals surface area contributed by atoms with Crippen molar-refractivity contribution in [3.8, 4) is 0 Å². The summed E-state index contributed by atoms with van der Waals surface area (Å²) in [7, 11) is 3.89. The molecule has 0 unspecified atom stereocenters. The Labute approximate surface area is 146 Å². The maximum Gasteiger partial charge on any atom is 0.315 e. The van der Waals surface area contributed by atoms with Gasteiger partial charge < -0.3 is 15.5 Å². The Morgan fingerprint density at radius 3 is 2.88 bits per heavy atom. The molecule has 2 aromatic rings. The van der Waals surface area contributed by atoms with Gasteiger partial charge in [0.25, 0.3) is 0 Å². The van der Waals surface area contributed by atoms with Crippen LogP contribution in [0.3, 0.4) is 0 Å². The lowest BCUT2D eigenvalue weighted by molar-refractivity contribution is 0.240. The van der Waals surface area contributed by atoms with Gasteiger partial charge in [0.1, 0.15) is 5.82 Å². The Kier molecular flexibility index (Phi) is 5.30. The predicted molar refractivity (Wildman–Crippen MR) is 96.6 cm³/mol. The van der Waals surface area contributed by atoms with Crippen molar-refractivity contribution in [1.82, 2.24) is 20.6 Å². The van der Waals surface area contributed by atoms with Gasteiger partial charge in [-0.2, -0.15) is 0 Å². The molecule has 0 radical (unpaired) electrons. The van der Waals surface area contributed by atoms with Crippen LogP contribution in [-0.4, -0.2) is 36.6 Å². The van der Waals surface area contributed by atoms with E-state index in [9.17, 15) is 4.79 Å². The number of thiazole rings is 1. The number of aromatic nitrogens is 2. The van der Waals surface area contributed by atoms with Crippen molar-refractivity contribution in [2.75, 3.05) is 25.5 Å². The fraction of sp³-hybridized carbons (Fsp3) is 0.471. The molecule has 2 N–H and O–H groups in total. The molecule has 0 saturated heterocycles. The summed E-state index contributed by atoms with van der Waals surface area (Å²) < 4.78 is 0. The van der Waals surface area contributed by atoms with Crippen molar-refractivity contribution in [3.05, 3.63) is 40.0 Å². The Balaban J connectivity index is 1.38. The minimum atomic E-state index is -0.175. The van der Waals surface area contributed by atoms with Crippen LogP contribution in [0.25, 0.3) is 0 Å². The van der Waals surface area contributed by atoms with Crippen LogP contribution in [0.2, 0.25) is 0 Å². The molecule has 1 aliphatic carbocycles. The van der Waals surface area contributed by atoms with Crippen molar-refractivity contribution in [2.24, 2.45) is 0 Å². The highest BCUT2D eigenvalue weighted by Gasteiger charge is 2.25. The number of pyridine rings is 1. The average Bonchev–Trinajstić information content (AvgIpc) is 3.32. The largest absolute Gasteiger partial charge is 0.363 e. The third kappa shape index (κ3) is 4.67. The van der Waals surface area contributed by atoms with E-state index in [0.29, 0.717) is 19.0 Å². The van der Waals surface area contributed by atoms with E-state index in [1.165, 1.54) is 18.5 Å². The highest BCUT2D eigenvalue weighted by Crippen LogP contribution is 2.40. The summed E-state index contributed by atoms with van der Waals surface area (Å²) in [5, 5.41) is 8.95. The quantitative estimate of drug-likeness (QED) is 0.809. The van der Waals surface area contributed by atoms with Gasteiger partial charge in [-0.1, -0.05) is 6.07 Å². The summed E-state index contributed by atoms with van der Waals surface area (Å²) in [4.78, 5) is 22.9. The Morgan fingerprint density at radius 1 is 1.29 bits per heavy atom. The minimum Gasteiger partial charge on any atom is -0.363 e. The zero-order valence-electron chi connectivity index (χ0n) is 14.1. The van der Waals surface area contributed by atoms with E-state index in [4.69, 9.17) is 0 Å². The topological polar surface area (TPSA) is 70.2 Å². The number of nitrogens with zero attached hydrogens (tertiary/aromatic N) is 3. The number of amides is 2. The van der Waals surface area contributed by atoms with Crippen LogP contribution in [0, 0.1) is 0 Å². The van der Waals surface area contributed by atoms with Crippen molar-refractivity contribution in [2.45, 2.75) is 31.7 Å². The normalized spacial score (nSPS) is 13.6. The van der Waals surface area contributed by atoms with Crippen molar-refractivity contribution >= 4 is 23.2 Å². The summed E-state index contributed by atoms with van der Waals surface area (Å²) >= 11 is 1.69. The molecule has 1 saturated carbocycles. The fourth-order valence-corrected chi connectivity index (χ4v) is 3.22. The summed E-state index contributed by atoms with van der Waals surface area (Å²) in [6.07, 6.45) is 3.32. The zero-order chi connectivity index (χ0) is 16.9. The zero-order valence-corrected chi connectivity index (χ0v) is 14.9. The third-order valence-corrected chi connectivity index (χ3v) is 4.80. The number of hydrogen-bond donors (Lipinski definition) is 2. The third-order valence-electron chi connectivity index (χ3n) is 3.87. The first-order valence-electron chi connectivity index (χ1n) is 8.21. The second-order valence-electron chi connectivity index (χ2n) is 6.18. The van der Waals surface area contributed by atoms with Gasteiger partial charge >= 0.3 is 6.03 Å². The Bertz CT molecular complexity index is 696. The molecule has 0 aromatic carbocycles. The molecular formula is C17H23N5OS. The van der Waals surface area contributed by atoms with Gasteiger partial charge in [0.15, 0.2) is 0 Å². The predicted octanol–water partition coefficient (Wildman–Crippen LogP) is 2.52. The second kappa shape index (κ2) is 7.61.